The van der Waals surface area contributed by atoms with Gasteiger partial charge in [-0.25, -0.2) is 0 Å². The third-order valence-electron chi connectivity index (χ3n) is 3.52. The van der Waals surface area contributed by atoms with Gasteiger partial charge in [-0.05, 0) is 25.2 Å². The van der Waals surface area contributed by atoms with Crippen molar-refractivity contribution in [2.24, 2.45) is 11.8 Å². The Bertz CT molecular complexity index is 420. The molecule has 2 rings (SSSR count). The van der Waals surface area contributed by atoms with E-state index in [0.717, 1.165) is 31.5 Å². The van der Waals surface area contributed by atoms with Crippen molar-refractivity contribution < 1.29 is 9.32 Å². The first-order valence-electron chi connectivity index (χ1n) is 6.98. The second-order valence-electron chi connectivity index (χ2n) is 5.78. The molecule has 19 heavy (non-hydrogen) atoms. The molecule has 2 heterocycles. The Balaban J connectivity index is 1.73. The summed E-state index contributed by atoms with van der Waals surface area (Å²) in [6.07, 6.45) is 1.31. The summed E-state index contributed by atoms with van der Waals surface area (Å²) in [4.78, 5) is 14.2. The molecule has 0 spiro atoms. The summed E-state index contributed by atoms with van der Waals surface area (Å²) in [5, 5.41) is 6.59. The van der Waals surface area contributed by atoms with Crippen LogP contribution >= 0.6 is 0 Å². The van der Waals surface area contributed by atoms with Crippen molar-refractivity contribution >= 4 is 5.91 Å². The monoisotopic (exact) mass is 265 g/mol. The Kier molecular flexibility index (Phi) is 4.58. The molecule has 5 nitrogen and oxygen atoms in total. The fourth-order valence-corrected chi connectivity index (χ4v) is 2.87. The van der Waals surface area contributed by atoms with Gasteiger partial charge in [-0.2, -0.15) is 0 Å². The van der Waals surface area contributed by atoms with Gasteiger partial charge in [-0.3, -0.25) is 4.79 Å². The third-order valence-corrected chi connectivity index (χ3v) is 3.52. The van der Waals surface area contributed by atoms with E-state index in [2.05, 4.69) is 29.2 Å². The lowest BCUT2D eigenvalue weighted by Crippen LogP contribution is -2.42. The van der Waals surface area contributed by atoms with Crippen LogP contribution in [0.2, 0.25) is 0 Å². The van der Waals surface area contributed by atoms with Gasteiger partial charge in [0.15, 0.2) is 5.69 Å². The summed E-state index contributed by atoms with van der Waals surface area (Å²) in [5.74, 6) is 1.99. The molecule has 1 aliphatic rings. The number of aryl methyl sites for hydroxylation is 1. The first kappa shape index (κ1) is 14.1. The van der Waals surface area contributed by atoms with Gasteiger partial charge >= 0.3 is 0 Å². The number of nitrogens with zero attached hydrogens (tertiary/aromatic N) is 2. The number of carbonyl (C=O) groups is 1. The largest absolute Gasteiger partial charge is 0.361 e. The molecule has 1 amide bonds. The average molecular weight is 265 g/mol. The van der Waals surface area contributed by atoms with Crippen molar-refractivity contribution in [3.8, 4) is 0 Å². The molecule has 0 bridgehead atoms. The fraction of sp³-hybridized carbons (Fsp3) is 0.714. The topological polar surface area (TPSA) is 58.4 Å². The van der Waals surface area contributed by atoms with Gasteiger partial charge < -0.3 is 14.7 Å². The van der Waals surface area contributed by atoms with Crippen LogP contribution in [0, 0.1) is 18.8 Å². The second kappa shape index (κ2) is 6.19. The predicted octanol–water partition coefficient (Wildman–Crippen LogP) is 1.69. The molecule has 0 unspecified atom stereocenters. The Morgan fingerprint density at radius 3 is 2.74 bits per heavy atom. The number of aromatic nitrogens is 1. The summed E-state index contributed by atoms with van der Waals surface area (Å²) in [6, 6.07) is 1.65. The van der Waals surface area contributed by atoms with Crippen molar-refractivity contribution in [2.75, 3.05) is 26.2 Å². The Labute approximate surface area is 114 Å². The Hall–Kier alpha value is -1.36. The zero-order valence-electron chi connectivity index (χ0n) is 12.0. The lowest BCUT2D eigenvalue weighted by atomic mass is 9.92. The van der Waals surface area contributed by atoms with E-state index in [4.69, 9.17) is 4.52 Å². The number of amides is 1. The Morgan fingerprint density at radius 1 is 1.47 bits per heavy atom. The van der Waals surface area contributed by atoms with Crippen LogP contribution in [0.15, 0.2) is 10.6 Å². The van der Waals surface area contributed by atoms with E-state index < -0.39 is 0 Å². The van der Waals surface area contributed by atoms with Crippen LogP contribution in [0.4, 0.5) is 0 Å². The first-order chi connectivity index (χ1) is 9.04. The van der Waals surface area contributed by atoms with E-state index in [1.54, 1.807) is 13.0 Å². The number of nitrogens with one attached hydrogen (secondary N) is 1. The second-order valence-corrected chi connectivity index (χ2v) is 5.78. The Morgan fingerprint density at radius 2 is 2.16 bits per heavy atom. The zero-order valence-corrected chi connectivity index (χ0v) is 12.0. The molecule has 5 heteroatoms. The lowest BCUT2D eigenvalue weighted by molar-refractivity contribution is 0.0928. The van der Waals surface area contributed by atoms with Crippen molar-refractivity contribution in [3.05, 3.63) is 17.5 Å². The molecule has 1 N–H and O–H groups in total. The number of hydrogen-bond donors (Lipinski definition) is 1. The van der Waals surface area contributed by atoms with Crippen LogP contribution in [0.5, 0.6) is 0 Å². The fourth-order valence-electron chi connectivity index (χ4n) is 2.87. The molecule has 1 aromatic rings. The molecular weight excluding hydrogens is 242 g/mol. The number of carbonyl (C=O) groups excluding carboxylic acids is 1. The molecule has 0 aromatic carbocycles. The van der Waals surface area contributed by atoms with Crippen molar-refractivity contribution in [1.82, 2.24) is 15.4 Å². The number of likely N-dealkylation sites (tertiary alicyclic amines) is 1. The molecule has 2 atom stereocenters. The van der Waals surface area contributed by atoms with Crippen molar-refractivity contribution in [1.29, 1.82) is 0 Å². The average Bonchev–Trinajstić information content (AvgIpc) is 2.74. The highest BCUT2D eigenvalue weighted by Gasteiger charge is 2.21. The molecule has 0 saturated carbocycles. The maximum absolute atomic E-state index is 11.8. The summed E-state index contributed by atoms with van der Waals surface area (Å²) >= 11 is 0. The highest BCUT2D eigenvalue weighted by atomic mass is 16.5. The van der Waals surface area contributed by atoms with Gasteiger partial charge in [0.2, 0.25) is 0 Å². The maximum atomic E-state index is 11.8. The smallest absolute Gasteiger partial charge is 0.273 e. The minimum Gasteiger partial charge on any atom is -0.361 e. The van der Waals surface area contributed by atoms with Crippen LogP contribution in [0.25, 0.3) is 0 Å². The van der Waals surface area contributed by atoms with Crippen LogP contribution in [0.1, 0.15) is 36.5 Å². The molecule has 1 fully saturated rings. The standard InChI is InChI=1S/C14H23N3O2/c1-10-6-11(2)9-17(8-10)5-4-15-14(18)13-7-12(3)19-16-13/h7,10-11H,4-6,8-9H2,1-3H3,(H,15,18)/t10-,11-/m0/s1. The van der Waals surface area contributed by atoms with Crippen LogP contribution in [-0.2, 0) is 0 Å². The molecule has 106 valence electrons. The van der Waals surface area contributed by atoms with Crippen molar-refractivity contribution in [3.63, 3.8) is 0 Å². The third kappa shape index (κ3) is 4.06. The van der Waals surface area contributed by atoms with Gasteiger partial charge in [0.05, 0.1) is 0 Å². The van der Waals surface area contributed by atoms with Gasteiger partial charge in [0.25, 0.3) is 5.91 Å². The number of piperidine rings is 1. The highest BCUT2D eigenvalue weighted by molar-refractivity contribution is 5.92. The molecule has 0 radical (unpaired) electrons. The number of rotatable bonds is 4. The van der Waals surface area contributed by atoms with E-state index in [1.807, 2.05) is 0 Å². The normalized spacial score (nSPS) is 24.4. The van der Waals surface area contributed by atoms with Gasteiger partial charge in [-0.1, -0.05) is 19.0 Å². The molecule has 1 aromatic heterocycles. The molecule has 0 aliphatic carbocycles. The first-order valence-corrected chi connectivity index (χ1v) is 6.98. The molecule has 1 saturated heterocycles. The van der Waals surface area contributed by atoms with Crippen LogP contribution in [0.3, 0.4) is 0 Å². The maximum Gasteiger partial charge on any atom is 0.273 e. The van der Waals surface area contributed by atoms with E-state index in [0.29, 0.717) is 18.0 Å². The van der Waals surface area contributed by atoms with E-state index in [-0.39, 0.29) is 5.91 Å². The molecule has 1 aliphatic heterocycles. The summed E-state index contributed by atoms with van der Waals surface area (Å²) in [7, 11) is 0. The molecular formula is C14H23N3O2. The van der Waals surface area contributed by atoms with Gasteiger partial charge in [-0.15, -0.1) is 0 Å². The highest BCUT2D eigenvalue weighted by Crippen LogP contribution is 2.20. The van der Waals surface area contributed by atoms with Crippen molar-refractivity contribution in [2.45, 2.75) is 27.2 Å². The summed E-state index contributed by atoms with van der Waals surface area (Å²) < 4.78 is 4.89. The van der Waals surface area contributed by atoms with Gasteiger partial charge in [0, 0.05) is 32.2 Å². The SMILES string of the molecule is Cc1cc(C(=O)NCCN2C[C@@H](C)C[C@H](C)C2)no1. The van der Waals surface area contributed by atoms with E-state index in [9.17, 15) is 4.79 Å². The minimum atomic E-state index is -0.157. The van der Waals surface area contributed by atoms with Crippen LogP contribution < -0.4 is 5.32 Å². The predicted molar refractivity (Wildman–Crippen MR) is 73.0 cm³/mol. The van der Waals surface area contributed by atoms with E-state index >= 15 is 0 Å². The van der Waals surface area contributed by atoms with Gasteiger partial charge in [0.1, 0.15) is 5.76 Å². The summed E-state index contributed by atoms with van der Waals surface area (Å²) in [6.45, 7) is 10.2. The van der Waals surface area contributed by atoms with E-state index in [1.165, 1.54) is 6.42 Å². The summed E-state index contributed by atoms with van der Waals surface area (Å²) in [5.41, 5.74) is 0.359. The lowest BCUT2D eigenvalue weighted by Gasteiger charge is -2.34. The minimum absolute atomic E-state index is 0.157. The quantitative estimate of drug-likeness (QED) is 0.900. The number of hydrogen-bond acceptors (Lipinski definition) is 4. The zero-order chi connectivity index (χ0) is 13.8. The van der Waals surface area contributed by atoms with Crippen LogP contribution in [-0.4, -0.2) is 42.1 Å².